The highest BCUT2D eigenvalue weighted by molar-refractivity contribution is 7.15. The molecule has 5 nitrogen and oxygen atoms in total. The number of aromatic nitrogens is 1. The number of likely N-dealkylation sites (tertiary alicyclic amines) is 1. The molecule has 0 amide bonds. The van der Waals surface area contributed by atoms with Crippen molar-refractivity contribution >= 4 is 11.3 Å². The van der Waals surface area contributed by atoms with E-state index in [2.05, 4.69) is 9.88 Å². The largest absolute Gasteiger partial charge is 0.496 e. The van der Waals surface area contributed by atoms with E-state index in [1.165, 1.54) is 4.88 Å². The van der Waals surface area contributed by atoms with Crippen LogP contribution in [0.15, 0.2) is 30.5 Å². The zero-order chi connectivity index (χ0) is 15.5. The number of hydrogen-bond acceptors (Lipinski definition) is 6. The van der Waals surface area contributed by atoms with Crippen LogP contribution < -0.4 is 10.5 Å². The van der Waals surface area contributed by atoms with Gasteiger partial charge in [0.25, 0.3) is 0 Å². The highest BCUT2D eigenvalue weighted by Crippen LogP contribution is 2.33. The van der Waals surface area contributed by atoms with Crippen molar-refractivity contribution in [3.8, 4) is 16.3 Å². The number of aliphatic hydroxyl groups is 1. The Kier molecular flexibility index (Phi) is 4.73. The Labute approximate surface area is 134 Å². The third-order valence-electron chi connectivity index (χ3n) is 3.81. The molecule has 118 valence electrons. The Hall–Kier alpha value is -1.47. The van der Waals surface area contributed by atoms with E-state index in [-0.39, 0.29) is 12.1 Å². The first-order chi connectivity index (χ1) is 10.7. The van der Waals surface area contributed by atoms with Gasteiger partial charge in [-0.1, -0.05) is 12.1 Å². The second kappa shape index (κ2) is 6.75. The molecule has 6 heteroatoms. The third-order valence-corrected chi connectivity index (χ3v) is 4.82. The SMILES string of the molecule is COc1ccccc1-c1ncc(CN2C[C@@H](N)C[C@@H](O)C2)s1. The van der Waals surface area contributed by atoms with Crippen LogP contribution in [0.2, 0.25) is 0 Å². The fraction of sp³-hybridized carbons (Fsp3) is 0.438. The molecule has 0 bridgehead atoms. The first-order valence-corrected chi connectivity index (χ1v) is 8.21. The molecule has 22 heavy (non-hydrogen) atoms. The van der Waals surface area contributed by atoms with Crippen LogP contribution in [0.25, 0.3) is 10.6 Å². The Balaban J connectivity index is 1.74. The highest BCUT2D eigenvalue weighted by Gasteiger charge is 2.24. The van der Waals surface area contributed by atoms with Crippen LogP contribution in [-0.2, 0) is 6.54 Å². The molecule has 0 aliphatic carbocycles. The number of nitrogens with two attached hydrogens (primary N) is 1. The molecular weight excluding hydrogens is 298 g/mol. The average molecular weight is 319 g/mol. The summed E-state index contributed by atoms with van der Waals surface area (Å²) in [6.07, 6.45) is 2.26. The van der Waals surface area contributed by atoms with Gasteiger partial charge in [0.05, 0.1) is 18.8 Å². The van der Waals surface area contributed by atoms with Crippen LogP contribution in [-0.4, -0.2) is 47.3 Å². The van der Waals surface area contributed by atoms with Gasteiger partial charge < -0.3 is 15.6 Å². The lowest BCUT2D eigenvalue weighted by Crippen LogP contribution is -2.48. The molecule has 3 N–H and O–H groups in total. The summed E-state index contributed by atoms with van der Waals surface area (Å²) in [6, 6.07) is 7.94. The topological polar surface area (TPSA) is 71.6 Å². The third kappa shape index (κ3) is 3.47. The van der Waals surface area contributed by atoms with Crippen LogP contribution in [0.3, 0.4) is 0 Å². The maximum absolute atomic E-state index is 9.83. The Morgan fingerprint density at radius 1 is 1.41 bits per heavy atom. The number of aliphatic hydroxyl groups excluding tert-OH is 1. The summed E-state index contributed by atoms with van der Waals surface area (Å²) in [5.74, 6) is 0.832. The maximum atomic E-state index is 9.83. The van der Waals surface area contributed by atoms with E-state index in [9.17, 15) is 5.11 Å². The number of ether oxygens (including phenoxy) is 1. The van der Waals surface area contributed by atoms with Crippen LogP contribution in [0.1, 0.15) is 11.3 Å². The first kappa shape index (κ1) is 15.4. The number of thiazole rings is 1. The minimum absolute atomic E-state index is 0.0466. The summed E-state index contributed by atoms with van der Waals surface area (Å²) in [5, 5.41) is 10.8. The van der Waals surface area contributed by atoms with Gasteiger partial charge in [0.1, 0.15) is 10.8 Å². The standard InChI is InChI=1S/C16H21N3O2S/c1-21-15-5-3-2-4-14(15)16-18-7-13(22-16)10-19-8-11(17)6-12(20)9-19/h2-5,7,11-12,20H,6,8-10,17H2,1H3/t11-,12+/m0/s1. The lowest BCUT2D eigenvalue weighted by Gasteiger charge is -2.33. The molecule has 1 aromatic carbocycles. The average Bonchev–Trinajstić information content (AvgIpc) is 2.94. The van der Waals surface area contributed by atoms with Crippen LogP contribution in [0, 0.1) is 0 Å². The van der Waals surface area contributed by atoms with Crippen molar-refractivity contribution in [1.29, 1.82) is 0 Å². The molecule has 1 aliphatic rings. The number of benzene rings is 1. The van der Waals surface area contributed by atoms with Gasteiger partial charge in [-0.15, -0.1) is 11.3 Å². The monoisotopic (exact) mass is 319 g/mol. The van der Waals surface area contributed by atoms with Gasteiger partial charge in [0, 0.05) is 36.8 Å². The number of piperidine rings is 1. The number of β-amino-alcohol motifs (C(OH)–C–C–N with tert-alkyl or cyclic N) is 1. The number of nitrogens with zero attached hydrogens (tertiary/aromatic N) is 2. The summed E-state index contributed by atoms with van der Waals surface area (Å²) in [6.45, 7) is 2.27. The number of para-hydroxylation sites is 1. The molecule has 1 fully saturated rings. The Morgan fingerprint density at radius 2 is 2.23 bits per heavy atom. The molecule has 2 atom stereocenters. The summed E-state index contributed by atoms with van der Waals surface area (Å²) < 4.78 is 5.39. The molecule has 0 saturated carbocycles. The van der Waals surface area contributed by atoms with Crippen molar-refractivity contribution in [2.75, 3.05) is 20.2 Å². The van der Waals surface area contributed by atoms with Crippen molar-refractivity contribution in [3.63, 3.8) is 0 Å². The van der Waals surface area contributed by atoms with Gasteiger partial charge >= 0.3 is 0 Å². The fourth-order valence-corrected chi connectivity index (χ4v) is 3.86. The molecule has 0 radical (unpaired) electrons. The predicted molar refractivity (Wildman–Crippen MR) is 88.0 cm³/mol. The van der Waals surface area contributed by atoms with Gasteiger partial charge in [-0.3, -0.25) is 4.90 Å². The fourth-order valence-electron chi connectivity index (χ4n) is 2.88. The lowest BCUT2D eigenvalue weighted by atomic mass is 10.0. The van der Waals surface area contributed by atoms with Crippen molar-refractivity contribution in [3.05, 3.63) is 35.3 Å². The molecule has 1 aromatic heterocycles. The van der Waals surface area contributed by atoms with E-state index < -0.39 is 0 Å². The number of rotatable bonds is 4. The number of hydrogen-bond donors (Lipinski definition) is 2. The van der Waals surface area contributed by atoms with Crippen molar-refractivity contribution in [2.45, 2.75) is 25.1 Å². The van der Waals surface area contributed by atoms with Crippen molar-refractivity contribution < 1.29 is 9.84 Å². The molecule has 0 spiro atoms. The number of methoxy groups -OCH3 is 1. The summed E-state index contributed by atoms with van der Waals surface area (Å²) in [4.78, 5) is 7.88. The van der Waals surface area contributed by atoms with Gasteiger partial charge in [-0.2, -0.15) is 0 Å². The lowest BCUT2D eigenvalue weighted by molar-refractivity contribution is 0.0569. The van der Waals surface area contributed by atoms with E-state index in [1.54, 1.807) is 18.4 Å². The second-order valence-electron chi connectivity index (χ2n) is 5.68. The Bertz CT molecular complexity index is 621. The van der Waals surface area contributed by atoms with Crippen molar-refractivity contribution in [1.82, 2.24) is 9.88 Å². The molecule has 1 aliphatic heterocycles. The molecular formula is C16H21N3O2S. The molecule has 1 saturated heterocycles. The van der Waals surface area contributed by atoms with E-state index in [0.29, 0.717) is 13.0 Å². The molecule has 0 unspecified atom stereocenters. The summed E-state index contributed by atoms with van der Waals surface area (Å²) in [5.41, 5.74) is 6.98. The van der Waals surface area contributed by atoms with Crippen LogP contribution in [0.4, 0.5) is 0 Å². The zero-order valence-corrected chi connectivity index (χ0v) is 13.4. The maximum Gasteiger partial charge on any atom is 0.129 e. The molecule has 2 heterocycles. The highest BCUT2D eigenvalue weighted by atomic mass is 32.1. The molecule has 3 rings (SSSR count). The van der Waals surface area contributed by atoms with E-state index in [0.717, 1.165) is 29.4 Å². The minimum atomic E-state index is -0.328. The summed E-state index contributed by atoms with van der Waals surface area (Å²) in [7, 11) is 1.67. The van der Waals surface area contributed by atoms with Gasteiger partial charge in [0.2, 0.25) is 0 Å². The zero-order valence-electron chi connectivity index (χ0n) is 12.6. The van der Waals surface area contributed by atoms with Crippen LogP contribution >= 0.6 is 11.3 Å². The normalized spacial score (nSPS) is 22.7. The van der Waals surface area contributed by atoms with Crippen molar-refractivity contribution in [2.24, 2.45) is 5.73 Å². The first-order valence-electron chi connectivity index (χ1n) is 7.40. The smallest absolute Gasteiger partial charge is 0.129 e. The molecule has 2 aromatic rings. The van der Waals surface area contributed by atoms with E-state index in [1.807, 2.05) is 30.5 Å². The minimum Gasteiger partial charge on any atom is -0.496 e. The van der Waals surface area contributed by atoms with Crippen LogP contribution in [0.5, 0.6) is 5.75 Å². The van der Waals surface area contributed by atoms with E-state index in [4.69, 9.17) is 10.5 Å². The Morgan fingerprint density at radius 3 is 3.00 bits per heavy atom. The van der Waals surface area contributed by atoms with Gasteiger partial charge in [-0.25, -0.2) is 4.98 Å². The quantitative estimate of drug-likeness (QED) is 0.898. The van der Waals surface area contributed by atoms with E-state index >= 15 is 0 Å². The van der Waals surface area contributed by atoms with Gasteiger partial charge in [-0.05, 0) is 18.6 Å². The second-order valence-corrected chi connectivity index (χ2v) is 6.79. The summed E-state index contributed by atoms with van der Waals surface area (Å²) >= 11 is 1.66. The predicted octanol–water partition coefficient (Wildman–Crippen LogP) is 1.71. The van der Waals surface area contributed by atoms with Gasteiger partial charge in [0.15, 0.2) is 0 Å².